The first-order valence-corrected chi connectivity index (χ1v) is 11.6. The molecule has 1 fully saturated rings. The van der Waals surface area contributed by atoms with Gasteiger partial charge in [0.1, 0.15) is 11.7 Å². The van der Waals surface area contributed by atoms with Crippen molar-refractivity contribution in [2.24, 2.45) is 11.7 Å². The average Bonchev–Trinajstić information content (AvgIpc) is 3.23. The number of piperidine rings is 1. The molecule has 2 aliphatic rings. The van der Waals surface area contributed by atoms with Crippen LogP contribution in [0.15, 0.2) is 64.7 Å². The second-order valence-electron chi connectivity index (χ2n) is 8.26. The number of carbonyl (C=O) groups excluding carboxylic acids is 2. The molecule has 4 heterocycles. The number of primary amides is 1. The summed E-state index contributed by atoms with van der Waals surface area (Å²) >= 11 is 1.47. The summed E-state index contributed by atoms with van der Waals surface area (Å²) < 4.78 is 2.05. The molecular formula is C24H27Cl2N5O2S. The number of nitrogens with zero attached hydrogens (tertiary/aromatic N) is 3. The molecule has 1 atom stereocenters. The highest BCUT2D eigenvalue weighted by Crippen LogP contribution is 2.34. The number of thioether (sulfide) groups is 1. The number of amides is 2. The van der Waals surface area contributed by atoms with Gasteiger partial charge < -0.3 is 11.1 Å². The zero-order chi connectivity index (χ0) is 22.1. The van der Waals surface area contributed by atoms with E-state index in [2.05, 4.69) is 19.6 Å². The first-order valence-electron chi connectivity index (χ1n) is 10.8. The number of imidazole rings is 1. The van der Waals surface area contributed by atoms with Crippen molar-refractivity contribution in [2.45, 2.75) is 23.9 Å². The Morgan fingerprint density at radius 2 is 1.82 bits per heavy atom. The third-order valence-electron chi connectivity index (χ3n) is 6.19. The van der Waals surface area contributed by atoms with Crippen LogP contribution in [0, 0.1) is 5.92 Å². The van der Waals surface area contributed by atoms with E-state index in [0.717, 1.165) is 47.9 Å². The van der Waals surface area contributed by atoms with Crippen LogP contribution < -0.4 is 11.1 Å². The molecule has 5 rings (SSSR count). The van der Waals surface area contributed by atoms with Gasteiger partial charge in [0.15, 0.2) is 0 Å². The molecule has 1 unspecified atom stereocenters. The van der Waals surface area contributed by atoms with Gasteiger partial charge in [0, 0.05) is 6.54 Å². The van der Waals surface area contributed by atoms with Gasteiger partial charge in [-0.25, -0.2) is 4.98 Å². The van der Waals surface area contributed by atoms with Crippen molar-refractivity contribution in [3.8, 4) is 0 Å². The summed E-state index contributed by atoms with van der Waals surface area (Å²) in [5, 5.41) is 4.10. The molecule has 2 aliphatic heterocycles. The van der Waals surface area contributed by atoms with Crippen molar-refractivity contribution < 1.29 is 9.59 Å². The van der Waals surface area contributed by atoms with Gasteiger partial charge in [-0.1, -0.05) is 48.2 Å². The van der Waals surface area contributed by atoms with Crippen molar-refractivity contribution in [1.29, 1.82) is 0 Å². The maximum absolute atomic E-state index is 12.8. The number of carbonyl (C=O) groups is 2. The number of hydrogen-bond donors (Lipinski definition) is 2. The smallest absolute Gasteiger partial charge is 0.258 e. The molecule has 1 aromatic carbocycles. The van der Waals surface area contributed by atoms with Crippen LogP contribution in [0.3, 0.4) is 0 Å². The molecule has 34 heavy (non-hydrogen) atoms. The Hall–Kier alpha value is -2.52. The fourth-order valence-electron chi connectivity index (χ4n) is 4.53. The highest BCUT2D eigenvalue weighted by Gasteiger charge is 2.30. The van der Waals surface area contributed by atoms with Crippen molar-refractivity contribution in [2.75, 3.05) is 19.6 Å². The summed E-state index contributed by atoms with van der Waals surface area (Å²) in [6.45, 7) is 2.18. The molecule has 0 radical (unpaired) electrons. The van der Waals surface area contributed by atoms with Crippen LogP contribution in [0.5, 0.6) is 0 Å². The Labute approximate surface area is 215 Å². The molecule has 3 N–H and O–H groups in total. The summed E-state index contributed by atoms with van der Waals surface area (Å²) in [5.74, 6) is 0.00213. The van der Waals surface area contributed by atoms with Gasteiger partial charge in [-0.3, -0.25) is 18.9 Å². The van der Waals surface area contributed by atoms with Crippen LogP contribution in [-0.2, 0) is 9.59 Å². The molecular weight excluding hydrogens is 493 g/mol. The second-order valence-corrected chi connectivity index (χ2v) is 9.32. The summed E-state index contributed by atoms with van der Waals surface area (Å²) in [5.41, 5.74) is 8.46. The predicted molar refractivity (Wildman–Crippen MR) is 139 cm³/mol. The Bertz CT molecular complexity index is 1190. The lowest BCUT2D eigenvalue weighted by molar-refractivity contribution is -0.124. The molecule has 0 saturated carbocycles. The van der Waals surface area contributed by atoms with Crippen molar-refractivity contribution in [3.63, 3.8) is 0 Å². The Kier molecular flexibility index (Phi) is 8.65. The van der Waals surface area contributed by atoms with Crippen LogP contribution in [-0.4, -0.2) is 45.7 Å². The molecule has 3 aromatic rings. The van der Waals surface area contributed by atoms with Crippen LogP contribution >= 0.6 is 36.6 Å². The van der Waals surface area contributed by atoms with E-state index in [-0.39, 0.29) is 36.6 Å². The molecule has 0 bridgehead atoms. The minimum Gasteiger partial charge on any atom is -0.368 e. The molecule has 1 saturated heterocycles. The van der Waals surface area contributed by atoms with Crippen LogP contribution in [0.2, 0.25) is 0 Å². The van der Waals surface area contributed by atoms with Crippen molar-refractivity contribution in [3.05, 3.63) is 70.9 Å². The van der Waals surface area contributed by atoms with Crippen LogP contribution in [0.25, 0.3) is 11.7 Å². The number of hydrogen-bond acceptors (Lipinski definition) is 5. The number of benzene rings is 1. The lowest BCUT2D eigenvalue weighted by atomic mass is 9.94. The largest absolute Gasteiger partial charge is 0.368 e. The highest BCUT2D eigenvalue weighted by atomic mass is 35.5. The predicted octanol–water partition coefficient (Wildman–Crippen LogP) is 3.68. The van der Waals surface area contributed by atoms with Crippen LogP contribution in [0.4, 0.5) is 0 Å². The topological polar surface area (TPSA) is 92.7 Å². The summed E-state index contributed by atoms with van der Waals surface area (Å²) in [7, 11) is 0. The monoisotopic (exact) mass is 519 g/mol. The fraction of sp³-hybridized carbons (Fsp3) is 0.292. The third kappa shape index (κ3) is 5.25. The molecule has 2 amide bonds. The Balaban J connectivity index is 0.00000162. The normalized spacial score (nSPS) is 16.6. The van der Waals surface area contributed by atoms with E-state index in [1.54, 1.807) is 6.20 Å². The van der Waals surface area contributed by atoms with E-state index < -0.39 is 6.04 Å². The molecule has 0 spiro atoms. The SMILES string of the molecule is Cl.Cl.NC(=O)C(c1ccccc1)N1CCC(CNC(=O)C2=Cc3cnc4cccc(n34)S2)CC1. The number of nitrogens with one attached hydrogen (secondary N) is 1. The zero-order valence-electron chi connectivity index (χ0n) is 18.4. The van der Waals surface area contributed by atoms with E-state index in [1.165, 1.54) is 11.8 Å². The van der Waals surface area contributed by atoms with E-state index in [9.17, 15) is 9.59 Å². The number of nitrogens with two attached hydrogens (primary N) is 1. The molecule has 7 nitrogen and oxygen atoms in total. The van der Waals surface area contributed by atoms with E-state index in [1.807, 2.05) is 54.6 Å². The highest BCUT2D eigenvalue weighted by molar-refractivity contribution is 8.04. The fourth-order valence-corrected chi connectivity index (χ4v) is 5.54. The maximum Gasteiger partial charge on any atom is 0.258 e. The standard InChI is InChI=1S/C24H25N5O2S.2ClH/c25-23(30)22(17-5-2-1-3-6-17)28-11-9-16(10-12-28)14-27-24(31)19-13-18-15-26-20-7-4-8-21(32-19)29(18)20;;/h1-8,13,15-16,22H,9-12,14H2,(H2,25,30)(H,27,31);2*1H. The number of likely N-dealkylation sites (tertiary alicyclic amines) is 1. The van der Waals surface area contributed by atoms with Gasteiger partial charge in [0.2, 0.25) is 5.91 Å². The average molecular weight is 520 g/mol. The summed E-state index contributed by atoms with van der Waals surface area (Å²) in [6, 6.07) is 15.2. The van der Waals surface area contributed by atoms with Crippen molar-refractivity contribution >= 4 is 60.1 Å². The Morgan fingerprint density at radius 3 is 2.53 bits per heavy atom. The molecule has 180 valence electrons. The van der Waals surface area contributed by atoms with Crippen molar-refractivity contribution in [1.82, 2.24) is 19.6 Å². The minimum atomic E-state index is -0.400. The molecule has 0 aliphatic carbocycles. The lowest BCUT2D eigenvalue weighted by Crippen LogP contribution is -2.44. The number of rotatable bonds is 6. The van der Waals surface area contributed by atoms with Gasteiger partial charge in [-0.05, 0) is 55.6 Å². The zero-order valence-corrected chi connectivity index (χ0v) is 20.9. The first kappa shape index (κ1) is 26.1. The Morgan fingerprint density at radius 1 is 1.09 bits per heavy atom. The minimum absolute atomic E-state index is 0. The third-order valence-corrected chi connectivity index (χ3v) is 7.24. The number of aromatic nitrogens is 2. The second kappa shape index (κ2) is 11.3. The first-order chi connectivity index (χ1) is 15.6. The lowest BCUT2D eigenvalue weighted by Gasteiger charge is -2.36. The number of pyridine rings is 1. The van der Waals surface area contributed by atoms with E-state index in [0.29, 0.717) is 17.4 Å². The summed E-state index contributed by atoms with van der Waals surface area (Å²) in [4.78, 5) is 32.2. The van der Waals surface area contributed by atoms with Gasteiger partial charge >= 0.3 is 0 Å². The van der Waals surface area contributed by atoms with E-state index >= 15 is 0 Å². The van der Waals surface area contributed by atoms with Crippen LogP contribution in [0.1, 0.15) is 30.1 Å². The van der Waals surface area contributed by atoms with Gasteiger partial charge in [0.25, 0.3) is 5.91 Å². The summed E-state index contributed by atoms with van der Waals surface area (Å²) in [6.07, 6.45) is 5.51. The van der Waals surface area contributed by atoms with Gasteiger partial charge in [-0.2, -0.15) is 0 Å². The van der Waals surface area contributed by atoms with Gasteiger partial charge in [-0.15, -0.1) is 24.8 Å². The maximum atomic E-state index is 12.8. The molecule has 10 heteroatoms. The molecule has 2 aromatic heterocycles. The quantitative estimate of drug-likeness (QED) is 0.518. The number of halogens is 2. The van der Waals surface area contributed by atoms with E-state index in [4.69, 9.17) is 5.73 Å². The van der Waals surface area contributed by atoms with Gasteiger partial charge in [0.05, 0.1) is 21.8 Å².